The number of aliphatic imine (C=N–C) groups is 1. The Bertz CT molecular complexity index is 1440. The zero-order chi connectivity index (χ0) is 25.4. The van der Waals surface area contributed by atoms with Gasteiger partial charge in [-0.05, 0) is 43.0 Å². The maximum atomic E-state index is 6.00. The fourth-order valence-electron chi connectivity index (χ4n) is 5.05. The molecule has 1 atom stereocenters. The van der Waals surface area contributed by atoms with Crippen LogP contribution < -0.4 is 10.2 Å². The topological polar surface area (TPSA) is 93.3 Å². The first-order valence-electron chi connectivity index (χ1n) is 13.0. The van der Waals surface area contributed by atoms with Gasteiger partial charge in [-0.25, -0.2) is 15.0 Å². The molecule has 0 aromatic carbocycles. The number of fused-ring (bicyclic) bond motifs is 1. The third-order valence-electron chi connectivity index (χ3n) is 7.25. The number of anilines is 3. The number of nitrogens with one attached hydrogen (secondary N) is 1. The molecule has 0 bridgehead atoms. The van der Waals surface area contributed by atoms with Crippen molar-refractivity contribution in [3.63, 3.8) is 0 Å². The second-order valence-electron chi connectivity index (χ2n) is 10.2. The molecule has 4 aromatic heterocycles. The van der Waals surface area contributed by atoms with Gasteiger partial charge in [-0.2, -0.15) is 5.10 Å². The van der Waals surface area contributed by atoms with E-state index in [2.05, 4.69) is 51.3 Å². The number of pyridine rings is 3. The SMILES string of the molecule is CC(C)[C@H]1COC(C2CCN(c3nc(-c4ccnc(Nc5ccn(C)n5)c4)cc4cnccc34)CC2)=N1. The first-order chi connectivity index (χ1) is 18.0. The van der Waals surface area contributed by atoms with Gasteiger partial charge < -0.3 is 15.0 Å². The van der Waals surface area contributed by atoms with Crippen LogP contribution in [0.3, 0.4) is 0 Å². The van der Waals surface area contributed by atoms with Crippen LogP contribution in [0.4, 0.5) is 17.5 Å². The third kappa shape index (κ3) is 4.85. The molecule has 2 aliphatic heterocycles. The summed E-state index contributed by atoms with van der Waals surface area (Å²) in [5.74, 6) is 4.33. The summed E-state index contributed by atoms with van der Waals surface area (Å²) in [7, 11) is 1.89. The molecule has 0 spiro atoms. The predicted octanol–water partition coefficient (Wildman–Crippen LogP) is 4.84. The number of ether oxygens (including phenoxy) is 1. The van der Waals surface area contributed by atoms with Gasteiger partial charge in [0.25, 0.3) is 0 Å². The molecule has 1 fully saturated rings. The van der Waals surface area contributed by atoms with Gasteiger partial charge in [-0.15, -0.1) is 0 Å². The molecule has 0 aliphatic carbocycles. The zero-order valence-corrected chi connectivity index (χ0v) is 21.5. The smallest absolute Gasteiger partial charge is 0.187 e. The van der Waals surface area contributed by atoms with Crippen molar-refractivity contribution >= 4 is 34.1 Å². The minimum Gasteiger partial charge on any atom is -0.478 e. The number of aryl methyl sites for hydroxylation is 1. The van der Waals surface area contributed by atoms with Gasteiger partial charge in [0.15, 0.2) is 11.7 Å². The van der Waals surface area contributed by atoms with Gasteiger partial charge in [0.05, 0.1) is 11.7 Å². The summed E-state index contributed by atoms with van der Waals surface area (Å²) in [6.07, 6.45) is 9.47. The average molecular weight is 497 g/mol. The van der Waals surface area contributed by atoms with Crippen molar-refractivity contribution in [2.45, 2.75) is 32.7 Å². The lowest BCUT2D eigenvalue weighted by molar-refractivity contribution is 0.270. The van der Waals surface area contributed by atoms with Gasteiger partial charge in [0.2, 0.25) is 0 Å². The van der Waals surface area contributed by atoms with Crippen molar-refractivity contribution in [3.8, 4) is 11.3 Å². The monoisotopic (exact) mass is 496 g/mol. The molecule has 0 radical (unpaired) electrons. The van der Waals surface area contributed by atoms with Gasteiger partial charge in [0.1, 0.15) is 18.2 Å². The van der Waals surface area contributed by atoms with Crippen LogP contribution in [0.5, 0.6) is 0 Å². The first kappa shape index (κ1) is 23.4. The van der Waals surface area contributed by atoms with E-state index in [1.165, 1.54) is 0 Å². The van der Waals surface area contributed by atoms with E-state index in [1.807, 2.05) is 43.8 Å². The zero-order valence-electron chi connectivity index (χ0n) is 21.5. The summed E-state index contributed by atoms with van der Waals surface area (Å²) in [6, 6.07) is 10.4. The molecule has 0 amide bonds. The van der Waals surface area contributed by atoms with E-state index in [0.29, 0.717) is 17.9 Å². The summed E-state index contributed by atoms with van der Waals surface area (Å²) >= 11 is 0. The Balaban J connectivity index is 1.26. The van der Waals surface area contributed by atoms with Crippen LogP contribution in [-0.4, -0.2) is 56.4 Å². The molecule has 1 saturated heterocycles. The number of aromatic nitrogens is 5. The Labute approximate surface area is 216 Å². The molecule has 9 nitrogen and oxygen atoms in total. The van der Waals surface area contributed by atoms with Crippen molar-refractivity contribution in [1.82, 2.24) is 24.7 Å². The highest BCUT2D eigenvalue weighted by atomic mass is 16.5. The van der Waals surface area contributed by atoms with E-state index < -0.39 is 0 Å². The van der Waals surface area contributed by atoms with Gasteiger partial charge in [-0.3, -0.25) is 9.67 Å². The minimum absolute atomic E-state index is 0.292. The lowest BCUT2D eigenvalue weighted by Crippen LogP contribution is -2.37. The van der Waals surface area contributed by atoms with E-state index in [0.717, 1.165) is 77.9 Å². The Hall–Kier alpha value is -4.01. The van der Waals surface area contributed by atoms with Gasteiger partial charge >= 0.3 is 0 Å². The van der Waals surface area contributed by atoms with Gasteiger partial charge in [-0.1, -0.05) is 13.8 Å². The second-order valence-corrected chi connectivity index (χ2v) is 10.2. The van der Waals surface area contributed by atoms with Crippen LogP contribution in [0, 0.1) is 11.8 Å². The lowest BCUT2D eigenvalue weighted by Gasteiger charge is -2.33. The molecule has 0 saturated carbocycles. The van der Waals surface area contributed by atoms with E-state index in [1.54, 1.807) is 10.9 Å². The minimum atomic E-state index is 0.292. The number of rotatable bonds is 6. The molecule has 1 N–H and O–H groups in total. The molecule has 6 rings (SSSR count). The summed E-state index contributed by atoms with van der Waals surface area (Å²) < 4.78 is 7.76. The van der Waals surface area contributed by atoms with Crippen molar-refractivity contribution in [3.05, 3.63) is 55.1 Å². The molecule has 2 aliphatic rings. The maximum absolute atomic E-state index is 6.00. The molecule has 37 heavy (non-hydrogen) atoms. The average Bonchev–Trinajstić information content (AvgIpc) is 3.58. The van der Waals surface area contributed by atoms with Crippen LogP contribution in [0.2, 0.25) is 0 Å². The van der Waals surface area contributed by atoms with Gasteiger partial charge in [0, 0.05) is 73.2 Å². The molecular weight excluding hydrogens is 464 g/mol. The molecule has 190 valence electrons. The van der Waals surface area contributed by atoms with Crippen molar-refractivity contribution in [2.24, 2.45) is 23.9 Å². The molecular formula is C28H32N8O. The number of hydrogen-bond acceptors (Lipinski definition) is 8. The van der Waals surface area contributed by atoms with E-state index in [4.69, 9.17) is 14.7 Å². The van der Waals surface area contributed by atoms with Crippen LogP contribution in [-0.2, 0) is 11.8 Å². The highest BCUT2D eigenvalue weighted by Crippen LogP contribution is 2.33. The summed E-state index contributed by atoms with van der Waals surface area (Å²) in [5, 5.41) is 9.86. The normalized spacial score (nSPS) is 18.3. The number of nitrogens with zero attached hydrogens (tertiary/aromatic N) is 7. The van der Waals surface area contributed by atoms with Crippen molar-refractivity contribution < 1.29 is 4.74 Å². The first-order valence-corrected chi connectivity index (χ1v) is 13.0. The standard InChI is InChI=1S/C28H32N8O/c1-18(2)24-17-37-28(32-24)19-6-12-36(13-7-19)27-22-5-9-29-16-21(22)14-23(31-27)20-4-10-30-26(15-20)33-25-8-11-35(3)34-25/h4-5,8-11,14-16,18-19,24H,6-7,12-13,17H2,1-3H3,(H,30,33,34)/t24-/m1/s1. The molecule has 9 heteroatoms. The summed E-state index contributed by atoms with van der Waals surface area (Å²) in [4.78, 5) is 21.3. The predicted molar refractivity (Wildman–Crippen MR) is 146 cm³/mol. The Morgan fingerprint density at radius 2 is 1.92 bits per heavy atom. The van der Waals surface area contributed by atoms with Crippen LogP contribution >= 0.6 is 0 Å². The van der Waals surface area contributed by atoms with E-state index in [9.17, 15) is 0 Å². The van der Waals surface area contributed by atoms with Crippen LogP contribution in [0.15, 0.2) is 60.1 Å². The second kappa shape index (κ2) is 9.80. The number of hydrogen-bond donors (Lipinski definition) is 1. The summed E-state index contributed by atoms with van der Waals surface area (Å²) in [6.45, 7) is 6.97. The number of piperidine rings is 1. The van der Waals surface area contributed by atoms with E-state index >= 15 is 0 Å². The molecule has 6 heterocycles. The largest absolute Gasteiger partial charge is 0.478 e. The summed E-state index contributed by atoms with van der Waals surface area (Å²) in [5.41, 5.74) is 1.89. The van der Waals surface area contributed by atoms with Crippen molar-refractivity contribution in [1.29, 1.82) is 0 Å². The highest BCUT2D eigenvalue weighted by molar-refractivity contribution is 5.94. The third-order valence-corrected chi connectivity index (χ3v) is 7.25. The van der Waals surface area contributed by atoms with Crippen LogP contribution in [0.1, 0.15) is 26.7 Å². The Morgan fingerprint density at radius 1 is 1.05 bits per heavy atom. The Morgan fingerprint density at radius 3 is 2.68 bits per heavy atom. The highest BCUT2D eigenvalue weighted by Gasteiger charge is 2.31. The fourth-order valence-corrected chi connectivity index (χ4v) is 5.05. The van der Waals surface area contributed by atoms with Crippen molar-refractivity contribution in [2.75, 3.05) is 29.9 Å². The fraction of sp³-hybridized carbons (Fsp3) is 0.393. The Kier molecular flexibility index (Phi) is 6.20. The maximum Gasteiger partial charge on any atom is 0.187 e. The lowest BCUT2D eigenvalue weighted by atomic mass is 9.96. The van der Waals surface area contributed by atoms with Crippen LogP contribution in [0.25, 0.3) is 22.0 Å². The molecule has 4 aromatic rings. The quantitative estimate of drug-likeness (QED) is 0.408. The van der Waals surface area contributed by atoms with E-state index in [-0.39, 0.29) is 0 Å². The molecule has 0 unspecified atom stereocenters.